The number of thioether (sulfide) groups is 1. The summed E-state index contributed by atoms with van der Waals surface area (Å²) in [6.45, 7) is 2.27. The molecule has 0 aliphatic carbocycles. The maximum absolute atomic E-state index is 12.5. The largest absolute Gasteiger partial charge is 0.457 e. The number of aliphatic imine (C=N–C) groups is 1. The van der Waals surface area contributed by atoms with E-state index in [2.05, 4.69) is 4.99 Å². The minimum Gasteiger partial charge on any atom is -0.457 e. The monoisotopic (exact) mass is 505 g/mol. The van der Waals surface area contributed by atoms with E-state index in [1.54, 1.807) is 48.5 Å². The molecule has 2 aliphatic rings. The molecular formula is C24H19N5O6S. The summed E-state index contributed by atoms with van der Waals surface area (Å²) in [5, 5.41) is 22.8. The molecule has 2 aromatic carbocycles. The van der Waals surface area contributed by atoms with Crippen LogP contribution in [0.25, 0.3) is 17.4 Å². The van der Waals surface area contributed by atoms with E-state index < -0.39 is 4.92 Å². The molecule has 1 aromatic heterocycles. The Morgan fingerprint density at radius 1 is 0.889 bits per heavy atom. The van der Waals surface area contributed by atoms with Crippen LogP contribution in [0.15, 0.2) is 75.0 Å². The SMILES string of the molecule is O=C1N=C(N2CCN(c3ccccc3[N+](=O)[O-])CC2)S/C1=C\c1ccc(-c2ccc([N+](=O)[O-])cc2)o1. The van der Waals surface area contributed by atoms with Gasteiger partial charge < -0.3 is 14.2 Å². The number of hydrogen-bond acceptors (Lipinski definition) is 9. The van der Waals surface area contributed by atoms with Gasteiger partial charge in [0.2, 0.25) is 0 Å². The smallest absolute Gasteiger partial charge is 0.292 e. The standard InChI is InChI=1S/C24H19N5O6S/c30-23-22(15-18-9-10-21(35-18)16-5-7-17(8-6-16)28(31)32)36-24(25-23)27-13-11-26(12-14-27)19-3-1-2-4-20(19)29(33)34/h1-10,15H,11-14H2/b22-15-. The van der Waals surface area contributed by atoms with Crippen molar-refractivity contribution in [3.8, 4) is 11.3 Å². The topological polar surface area (TPSA) is 135 Å². The third-order valence-electron chi connectivity index (χ3n) is 5.84. The normalized spacial score (nSPS) is 16.9. The van der Waals surface area contributed by atoms with E-state index in [0.29, 0.717) is 59.0 Å². The Morgan fingerprint density at radius 2 is 1.58 bits per heavy atom. The zero-order valence-corrected chi connectivity index (χ0v) is 19.6. The lowest BCUT2D eigenvalue weighted by atomic mass is 10.1. The summed E-state index contributed by atoms with van der Waals surface area (Å²) in [6.07, 6.45) is 1.63. The molecule has 0 saturated carbocycles. The van der Waals surface area contributed by atoms with Crippen LogP contribution >= 0.6 is 11.8 Å². The van der Waals surface area contributed by atoms with Gasteiger partial charge in [-0.25, -0.2) is 0 Å². The molecule has 0 spiro atoms. The lowest BCUT2D eigenvalue weighted by molar-refractivity contribution is -0.384. The van der Waals surface area contributed by atoms with Crippen LogP contribution in [0.4, 0.5) is 17.1 Å². The number of carbonyl (C=O) groups is 1. The third-order valence-corrected chi connectivity index (χ3v) is 6.89. The highest BCUT2D eigenvalue weighted by Gasteiger charge is 2.30. The fourth-order valence-electron chi connectivity index (χ4n) is 4.02. The first kappa shape index (κ1) is 23.3. The third kappa shape index (κ3) is 4.70. The zero-order valence-electron chi connectivity index (χ0n) is 18.8. The van der Waals surface area contributed by atoms with Gasteiger partial charge in [0.1, 0.15) is 17.2 Å². The van der Waals surface area contributed by atoms with E-state index >= 15 is 0 Å². The number of furan rings is 1. The highest BCUT2D eigenvalue weighted by molar-refractivity contribution is 8.18. The maximum atomic E-state index is 12.5. The Hall–Kier alpha value is -4.45. The number of para-hydroxylation sites is 2. The average molecular weight is 506 g/mol. The summed E-state index contributed by atoms with van der Waals surface area (Å²) in [4.78, 5) is 42.4. The van der Waals surface area contributed by atoms with E-state index in [-0.39, 0.29) is 22.2 Å². The molecule has 2 aliphatic heterocycles. The first-order valence-electron chi connectivity index (χ1n) is 11.0. The maximum Gasteiger partial charge on any atom is 0.292 e. The van der Waals surface area contributed by atoms with Gasteiger partial charge in [-0.3, -0.25) is 25.0 Å². The molecule has 0 radical (unpaired) electrons. The van der Waals surface area contributed by atoms with Gasteiger partial charge in [0.25, 0.3) is 17.3 Å². The number of anilines is 1. The Kier molecular flexibility index (Phi) is 6.25. The van der Waals surface area contributed by atoms with Crippen molar-refractivity contribution in [2.45, 2.75) is 0 Å². The van der Waals surface area contributed by atoms with Crippen molar-refractivity contribution in [2.75, 3.05) is 31.1 Å². The molecule has 11 nitrogen and oxygen atoms in total. The predicted molar refractivity (Wildman–Crippen MR) is 136 cm³/mol. The quantitative estimate of drug-likeness (QED) is 0.278. The van der Waals surface area contributed by atoms with Gasteiger partial charge in [-0.05, 0) is 42.1 Å². The van der Waals surface area contributed by atoms with Crippen molar-refractivity contribution in [3.63, 3.8) is 0 Å². The number of amides is 1. The zero-order chi connectivity index (χ0) is 25.2. The van der Waals surface area contributed by atoms with Crippen LogP contribution in [-0.2, 0) is 4.79 Å². The van der Waals surface area contributed by atoms with Crippen molar-refractivity contribution in [1.29, 1.82) is 0 Å². The van der Waals surface area contributed by atoms with Crippen LogP contribution < -0.4 is 4.90 Å². The summed E-state index contributed by atoms with van der Waals surface area (Å²) in [5.41, 5.74) is 1.34. The van der Waals surface area contributed by atoms with Crippen molar-refractivity contribution in [2.24, 2.45) is 4.99 Å². The second-order valence-electron chi connectivity index (χ2n) is 8.04. The van der Waals surface area contributed by atoms with Gasteiger partial charge in [-0.15, -0.1) is 0 Å². The average Bonchev–Trinajstić information content (AvgIpc) is 3.51. The number of nitro benzene ring substituents is 2. The number of nitro groups is 2. The summed E-state index contributed by atoms with van der Waals surface area (Å²) < 4.78 is 5.82. The highest BCUT2D eigenvalue weighted by atomic mass is 32.2. The van der Waals surface area contributed by atoms with Gasteiger partial charge in [-0.1, -0.05) is 12.1 Å². The fraction of sp³-hybridized carbons (Fsp3) is 0.167. The van der Waals surface area contributed by atoms with E-state index in [1.165, 1.54) is 30.0 Å². The second-order valence-corrected chi connectivity index (χ2v) is 9.05. The van der Waals surface area contributed by atoms with E-state index in [0.717, 1.165) is 0 Å². The van der Waals surface area contributed by atoms with Gasteiger partial charge in [0.05, 0.1) is 14.8 Å². The molecule has 3 aromatic rings. The number of hydrogen-bond donors (Lipinski definition) is 0. The van der Waals surface area contributed by atoms with Gasteiger partial charge in [0, 0.05) is 56.0 Å². The summed E-state index contributed by atoms with van der Waals surface area (Å²) >= 11 is 1.26. The lowest BCUT2D eigenvalue weighted by Gasteiger charge is -2.36. The first-order chi connectivity index (χ1) is 17.4. The molecule has 0 bridgehead atoms. The molecule has 5 rings (SSSR count). The minimum absolute atomic E-state index is 0.00639. The van der Waals surface area contributed by atoms with Crippen LogP contribution in [0.2, 0.25) is 0 Å². The van der Waals surface area contributed by atoms with E-state index in [9.17, 15) is 25.0 Å². The molecule has 0 atom stereocenters. The summed E-state index contributed by atoms with van der Waals surface area (Å²) in [5.74, 6) is 0.640. The Morgan fingerprint density at radius 3 is 2.28 bits per heavy atom. The minimum atomic E-state index is -0.465. The molecule has 3 heterocycles. The highest BCUT2D eigenvalue weighted by Crippen LogP contribution is 2.34. The molecule has 1 fully saturated rings. The molecule has 1 saturated heterocycles. The molecule has 0 unspecified atom stereocenters. The fourth-order valence-corrected chi connectivity index (χ4v) is 4.96. The summed E-state index contributed by atoms with van der Waals surface area (Å²) in [7, 11) is 0. The van der Waals surface area contributed by atoms with E-state index in [1.807, 2.05) is 9.80 Å². The van der Waals surface area contributed by atoms with Gasteiger partial charge in [-0.2, -0.15) is 4.99 Å². The van der Waals surface area contributed by atoms with Crippen LogP contribution in [0.5, 0.6) is 0 Å². The van der Waals surface area contributed by atoms with Crippen LogP contribution in [0.3, 0.4) is 0 Å². The Bertz CT molecular complexity index is 1410. The number of rotatable bonds is 5. The molecule has 0 N–H and O–H groups in total. The van der Waals surface area contributed by atoms with Gasteiger partial charge >= 0.3 is 0 Å². The van der Waals surface area contributed by atoms with Crippen LogP contribution in [0, 0.1) is 20.2 Å². The Labute approximate surface area is 209 Å². The van der Waals surface area contributed by atoms with Crippen LogP contribution in [-0.4, -0.2) is 52.0 Å². The van der Waals surface area contributed by atoms with Crippen molar-refractivity contribution < 1.29 is 19.1 Å². The summed E-state index contributed by atoms with van der Waals surface area (Å²) in [6, 6.07) is 16.2. The molecule has 1 amide bonds. The number of carbonyl (C=O) groups excluding carboxylic acids is 1. The van der Waals surface area contributed by atoms with E-state index in [4.69, 9.17) is 4.42 Å². The predicted octanol–water partition coefficient (Wildman–Crippen LogP) is 4.56. The number of nitrogens with zero attached hydrogens (tertiary/aromatic N) is 5. The molecule has 36 heavy (non-hydrogen) atoms. The number of non-ortho nitro benzene ring substituents is 1. The van der Waals surface area contributed by atoms with Crippen molar-refractivity contribution >= 4 is 46.0 Å². The van der Waals surface area contributed by atoms with Crippen molar-refractivity contribution in [3.05, 3.63) is 91.6 Å². The number of piperazine rings is 1. The number of amidine groups is 1. The lowest BCUT2D eigenvalue weighted by Crippen LogP contribution is -2.48. The van der Waals surface area contributed by atoms with Crippen LogP contribution in [0.1, 0.15) is 5.76 Å². The Balaban J connectivity index is 1.23. The van der Waals surface area contributed by atoms with Gasteiger partial charge in [0.15, 0.2) is 5.17 Å². The molecular weight excluding hydrogens is 486 g/mol. The first-order valence-corrected chi connectivity index (χ1v) is 11.8. The van der Waals surface area contributed by atoms with Crippen molar-refractivity contribution in [1.82, 2.24) is 4.90 Å². The molecule has 12 heteroatoms. The molecule has 182 valence electrons. The number of benzene rings is 2. The second kappa shape index (κ2) is 9.66.